The molecule has 5 heteroatoms. The predicted octanol–water partition coefficient (Wildman–Crippen LogP) is 1.66. The van der Waals surface area contributed by atoms with E-state index in [1.54, 1.807) is 0 Å². The standard InChI is InChI=1S/C12H17ClN4/c1-2-16-7-9-5-6-17(10(9)8-16)12-4-3-11(13)14-15-12/h3-4,9-10H,2,5-8H2,1H3/t9-,10+/m0/s1. The second kappa shape index (κ2) is 4.42. The fourth-order valence-electron chi connectivity index (χ4n) is 3.05. The van der Waals surface area contributed by atoms with E-state index in [2.05, 4.69) is 26.9 Å². The zero-order chi connectivity index (χ0) is 11.8. The number of fused-ring (bicyclic) bond motifs is 1. The lowest BCUT2D eigenvalue weighted by Crippen LogP contribution is -2.35. The van der Waals surface area contributed by atoms with Crippen LogP contribution in [-0.2, 0) is 0 Å². The Morgan fingerprint density at radius 2 is 2.24 bits per heavy atom. The van der Waals surface area contributed by atoms with Crippen LogP contribution in [0.2, 0.25) is 5.15 Å². The fraction of sp³-hybridized carbons (Fsp3) is 0.667. The minimum atomic E-state index is 0.464. The van der Waals surface area contributed by atoms with Gasteiger partial charge in [0.1, 0.15) is 0 Å². The maximum Gasteiger partial charge on any atom is 0.151 e. The highest BCUT2D eigenvalue weighted by Gasteiger charge is 2.41. The summed E-state index contributed by atoms with van der Waals surface area (Å²) in [5, 5.41) is 8.60. The van der Waals surface area contributed by atoms with Gasteiger partial charge in [-0.15, -0.1) is 10.2 Å². The van der Waals surface area contributed by atoms with Crippen molar-refractivity contribution in [2.24, 2.45) is 5.92 Å². The quantitative estimate of drug-likeness (QED) is 0.802. The molecule has 0 bridgehead atoms. The zero-order valence-electron chi connectivity index (χ0n) is 10.0. The minimum Gasteiger partial charge on any atom is -0.351 e. The first-order chi connectivity index (χ1) is 8.28. The van der Waals surface area contributed by atoms with Crippen molar-refractivity contribution in [3.8, 4) is 0 Å². The molecule has 1 aromatic heterocycles. The Morgan fingerprint density at radius 3 is 2.94 bits per heavy atom. The molecular weight excluding hydrogens is 236 g/mol. The third kappa shape index (κ3) is 2.00. The Labute approximate surface area is 107 Å². The summed E-state index contributed by atoms with van der Waals surface area (Å²) in [5.41, 5.74) is 0. The topological polar surface area (TPSA) is 32.3 Å². The SMILES string of the molecule is CCN1C[C@@H]2CCN(c3ccc(Cl)nn3)[C@@H]2C1. The van der Waals surface area contributed by atoms with Gasteiger partial charge in [0.25, 0.3) is 0 Å². The van der Waals surface area contributed by atoms with Crippen molar-refractivity contribution < 1.29 is 0 Å². The van der Waals surface area contributed by atoms with E-state index >= 15 is 0 Å². The molecule has 92 valence electrons. The van der Waals surface area contributed by atoms with Gasteiger partial charge in [0, 0.05) is 25.7 Å². The summed E-state index contributed by atoms with van der Waals surface area (Å²) >= 11 is 5.77. The molecule has 0 saturated carbocycles. The summed E-state index contributed by atoms with van der Waals surface area (Å²) in [6.07, 6.45) is 1.27. The molecular formula is C12H17ClN4. The molecule has 17 heavy (non-hydrogen) atoms. The molecule has 3 heterocycles. The van der Waals surface area contributed by atoms with Crippen LogP contribution in [0.3, 0.4) is 0 Å². The molecule has 2 atom stereocenters. The number of anilines is 1. The van der Waals surface area contributed by atoms with Gasteiger partial charge in [-0.2, -0.15) is 0 Å². The smallest absolute Gasteiger partial charge is 0.151 e. The van der Waals surface area contributed by atoms with Crippen molar-refractivity contribution in [1.82, 2.24) is 15.1 Å². The number of likely N-dealkylation sites (N-methyl/N-ethyl adjacent to an activating group) is 1. The maximum absolute atomic E-state index is 5.77. The van der Waals surface area contributed by atoms with Crippen molar-refractivity contribution in [3.63, 3.8) is 0 Å². The molecule has 0 N–H and O–H groups in total. The Morgan fingerprint density at radius 1 is 1.35 bits per heavy atom. The van der Waals surface area contributed by atoms with Gasteiger partial charge in [-0.25, -0.2) is 0 Å². The van der Waals surface area contributed by atoms with Crippen molar-refractivity contribution in [2.45, 2.75) is 19.4 Å². The lowest BCUT2D eigenvalue weighted by Gasteiger charge is -2.25. The second-order valence-corrected chi connectivity index (χ2v) is 5.26. The first kappa shape index (κ1) is 11.2. The van der Waals surface area contributed by atoms with Crippen LogP contribution >= 0.6 is 11.6 Å². The number of halogens is 1. The summed E-state index contributed by atoms with van der Waals surface area (Å²) in [5.74, 6) is 1.77. The van der Waals surface area contributed by atoms with E-state index < -0.39 is 0 Å². The Bertz CT molecular complexity index is 394. The van der Waals surface area contributed by atoms with Crippen LogP contribution in [-0.4, -0.2) is 47.3 Å². The largest absolute Gasteiger partial charge is 0.351 e. The van der Waals surface area contributed by atoms with Crippen molar-refractivity contribution in [1.29, 1.82) is 0 Å². The van der Waals surface area contributed by atoms with Crippen LogP contribution in [0.4, 0.5) is 5.82 Å². The third-order valence-electron chi connectivity index (χ3n) is 3.98. The molecule has 2 saturated heterocycles. The molecule has 2 aliphatic heterocycles. The zero-order valence-corrected chi connectivity index (χ0v) is 10.8. The van der Waals surface area contributed by atoms with E-state index in [-0.39, 0.29) is 0 Å². The van der Waals surface area contributed by atoms with E-state index in [1.165, 1.54) is 13.0 Å². The number of hydrogen-bond donors (Lipinski definition) is 0. The Kier molecular flexibility index (Phi) is 2.92. The second-order valence-electron chi connectivity index (χ2n) is 4.88. The van der Waals surface area contributed by atoms with Gasteiger partial charge >= 0.3 is 0 Å². The van der Waals surface area contributed by atoms with E-state index in [0.717, 1.165) is 31.4 Å². The average Bonchev–Trinajstić information content (AvgIpc) is 2.89. The first-order valence-corrected chi connectivity index (χ1v) is 6.64. The molecule has 0 aliphatic carbocycles. The average molecular weight is 253 g/mol. The molecule has 0 aromatic carbocycles. The van der Waals surface area contributed by atoms with Gasteiger partial charge < -0.3 is 9.80 Å². The van der Waals surface area contributed by atoms with E-state index in [9.17, 15) is 0 Å². The highest BCUT2D eigenvalue weighted by atomic mass is 35.5. The van der Waals surface area contributed by atoms with Gasteiger partial charge in [0.15, 0.2) is 11.0 Å². The highest BCUT2D eigenvalue weighted by Crippen LogP contribution is 2.33. The normalized spacial score (nSPS) is 28.7. The molecule has 4 nitrogen and oxygen atoms in total. The summed E-state index contributed by atoms with van der Waals surface area (Å²) < 4.78 is 0. The molecule has 3 rings (SSSR count). The van der Waals surface area contributed by atoms with Crippen LogP contribution in [0.25, 0.3) is 0 Å². The molecule has 0 unspecified atom stereocenters. The van der Waals surface area contributed by atoms with E-state index in [4.69, 9.17) is 11.6 Å². The molecule has 1 aromatic rings. The highest BCUT2D eigenvalue weighted by molar-refractivity contribution is 6.29. The van der Waals surface area contributed by atoms with Gasteiger partial charge in [0.05, 0.1) is 0 Å². The van der Waals surface area contributed by atoms with Gasteiger partial charge in [0.2, 0.25) is 0 Å². The molecule has 2 fully saturated rings. The summed E-state index contributed by atoms with van der Waals surface area (Å²) in [6.45, 7) is 6.87. The van der Waals surface area contributed by atoms with Crippen molar-refractivity contribution in [2.75, 3.05) is 31.1 Å². The van der Waals surface area contributed by atoms with Crippen molar-refractivity contribution in [3.05, 3.63) is 17.3 Å². The van der Waals surface area contributed by atoms with Crippen LogP contribution in [0, 0.1) is 5.92 Å². The van der Waals surface area contributed by atoms with Crippen LogP contribution in [0.1, 0.15) is 13.3 Å². The van der Waals surface area contributed by atoms with Gasteiger partial charge in [-0.05, 0) is 31.0 Å². The number of aromatic nitrogens is 2. The van der Waals surface area contributed by atoms with Gasteiger partial charge in [-0.3, -0.25) is 0 Å². The summed E-state index contributed by atoms with van der Waals surface area (Å²) in [4.78, 5) is 4.91. The molecule has 2 aliphatic rings. The Balaban J connectivity index is 1.79. The lowest BCUT2D eigenvalue weighted by atomic mass is 10.1. The minimum absolute atomic E-state index is 0.464. The third-order valence-corrected chi connectivity index (χ3v) is 4.18. The number of likely N-dealkylation sites (tertiary alicyclic amines) is 1. The van der Waals surface area contributed by atoms with Crippen LogP contribution < -0.4 is 4.90 Å². The molecule has 0 amide bonds. The van der Waals surface area contributed by atoms with E-state index in [0.29, 0.717) is 11.2 Å². The lowest BCUT2D eigenvalue weighted by molar-refractivity contribution is 0.334. The number of nitrogens with zero attached hydrogens (tertiary/aromatic N) is 4. The van der Waals surface area contributed by atoms with Crippen molar-refractivity contribution >= 4 is 17.4 Å². The predicted molar refractivity (Wildman–Crippen MR) is 68.4 cm³/mol. The Hall–Kier alpha value is -0.870. The number of hydrogen-bond acceptors (Lipinski definition) is 4. The maximum atomic E-state index is 5.77. The van der Waals surface area contributed by atoms with E-state index in [1.807, 2.05) is 12.1 Å². The number of rotatable bonds is 2. The monoisotopic (exact) mass is 252 g/mol. The molecule has 0 radical (unpaired) electrons. The fourth-order valence-corrected chi connectivity index (χ4v) is 3.15. The van der Waals surface area contributed by atoms with Gasteiger partial charge in [-0.1, -0.05) is 18.5 Å². The first-order valence-electron chi connectivity index (χ1n) is 6.26. The van der Waals surface area contributed by atoms with Crippen LogP contribution in [0.15, 0.2) is 12.1 Å². The summed E-state index contributed by atoms with van der Waals surface area (Å²) in [7, 11) is 0. The molecule has 0 spiro atoms. The summed E-state index contributed by atoms with van der Waals surface area (Å²) in [6, 6.07) is 4.42. The van der Waals surface area contributed by atoms with Crippen LogP contribution in [0.5, 0.6) is 0 Å².